The molecule has 0 aliphatic rings. The number of anilines is 2. The van der Waals surface area contributed by atoms with Crippen LogP contribution in [0.4, 0.5) is 11.4 Å². The zero-order valence-corrected chi connectivity index (χ0v) is 13.2. The molecule has 0 atom stereocenters. The summed E-state index contributed by atoms with van der Waals surface area (Å²) in [6.07, 6.45) is 2.75. The van der Waals surface area contributed by atoms with E-state index in [4.69, 9.17) is 0 Å². The van der Waals surface area contributed by atoms with Gasteiger partial charge in [-0.05, 0) is 37.1 Å². The number of sulfonamides is 1. The lowest BCUT2D eigenvalue weighted by Crippen LogP contribution is -2.25. The molecule has 1 N–H and O–H groups in total. The van der Waals surface area contributed by atoms with Crippen LogP contribution in [0.15, 0.2) is 24.3 Å². The average Bonchev–Trinajstić information content (AvgIpc) is 2.39. The Labute approximate surface area is 121 Å². The zero-order chi connectivity index (χ0) is 15.3. The van der Waals surface area contributed by atoms with Gasteiger partial charge in [-0.1, -0.05) is 13.8 Å². The first-order valence-corrected chi connectivity index (χ1v) is 8.49. The van der Waals surface area contributed by atoms with E-state index in [0.717, 1.165) is 19.1 Å². The second kappa shape index (κ2) is 6.74. The maximum Gasteiger partial charge on any atom is 0.231 e. The Bertz CT molecular complexity index is 548. The van der Waals surface area contributed by atoms with E-state index in [1.165, 1.54) is 11.4 Å². The fourth-order valence-corrected chi connectivity index (χ4v) is 2.35. The highest BCUT2D eigenvalue weighted by molar-refractivity contribution is 7.92. The van der Waals surface area contributed by atoms with Crippen LogP contribution in [0, 0.1) is 5.92 Å². The van der Waals surface area contributed by atoms with Crippen molar-refractivity contribution in [1.82, 2.24) is 0 Å². The van der Waals surface area contributed by atoms with E-state index in [0.29, 0.717) is 11.4 Å². The SMILES string of the molecule is CCC(CC)C(=O)Nc1ccc(N(C)S(C)(=O)=O)cc1. The van der Waals surface area contributed by atoms with Crippen molar-refractivity contribution in [2.24, 2.45) is 5.92 Å². The average molecular weight is 298 g/mol. The van der Waals surface area contributed by atoms with Gasteiger partial charge in [0.1, 0.15) is 0 Å². The molecule has 0 fully saturated rings. The molecule has 0 unspecified atom stereocenters. The molecule has 1 aromatic carbocycles. The van der Waals surface area contributed by atoms with Crippen LogP contribution in [0.2, 0.25) is 0 Å². The highest BCUT2D eigenvalue weighted by Gasteiger charge is 2.15. The summed E-state index contributed by atoms with van der Waals surface area (Å²) in [4.78, 5) is 11.9. The molecule has 0 saturated heterocycles. The summed E-state index contributed by atoms with van der Waals surface area (Å²) < 4.78 is 24.0. The van der Waals surface area contributed by atoms with Gasteiger partial charge >= 0.3 is 0 Å². The van der Waals surface area contributed by atoms with Crippen LogP contribution in [-0.4, -0.2) is 27.6 Å². The zero-order valence-electron chi connectivity index (χ0n) is 12.4. The van der Waals surface area contributed by atoms with Crippen molar-refractivity contribution in [3.8, 4) is 0 Å². The van der Waals surface area contributed by atoms with E-state index < -0.39 is 10.0 Å². The third-order valence-corrected chi connectivity index (χ3v) is 4.56. The molecular formula is C14H22N2O3S. The Balaban J connectivity index is 2.80. The molecule has 0 saturated carbocycles. The molecule has 0 aliphatic heterocycles. The number of carbonyl (C=O) groups excluding carboxylic acids is 1. The van der Waals surface area contributed by atoms with E-state index >= 15 is 0 Å². The third kappa shape index (κ3) is 4.23. The molecular weight excluding hydrogens is 276 g/mol. The number of nitrogens with one attached hydrogen (secondary N) is 1. The van der Waals surface area contributed by atoms with Gasteiger partial charge in [-0.2, -0.15) is 0 Å². The van der Waals surface area contributed by atoms with Gasteiger partial charge in [0.05, 0.1) is 11.9 Å². The number of rotatable bonds is 6. The maximum atomic E-state index is 11.9. The number of nitrogens with zero attached hydrogens (tertiary/aromatic N) is 1. The summed E-state index contributed by atoms with van der Waals surface area (Å²) >= 11 is 0. The molecule has 0 aromatic heterocycles. The highest BCUT2D eigenvalue weighted by atomic mass is 32.2. The Morgan fingerprint density at radius 1 is 1.20 bits per heavy atom. The molecule has 0 heterocycles. The Morgan fingerprint density at radius 3 is 2.10 bits per heavy atom. The molecule has 20 heavy (non-hydrogen) atoms. The molecule has 6 heteroatoms. The molecule has 112 valence electrons. The van der Waals surface area contributed by atoms with E-state index in [1.54, 1.807) is 24.3 Å². The lowest BCUT2D eigenvalue weighted by molar-refractivity contribution is -0.120. The van der Waals surface area contributed by atoms with E-state index in [-0.39, 0.29) is 11.8 Å². The van der Waals surface area contributed by atoms with Crippen molar-refractivity contribution in [2.75, 3.05) is 22.9 Å². The van der Waals surface area contributed by atoms with Crippen molar-refractivity contribution in [3.05, 3.63) is 24.3 Å². The van der Waals surface area contributed by atoms with Gasteiger partial charge in [0.25, 0.3) is 0 Å². The first-order chi connectivity index (χ1) is 9.29. The smallest absolute Gasteiger partial charge is 0.231 e. The second-order valence-corrected chi connectivity index (χ2v) is 6.79. The Kier molecular flexibility index (Phi) is 5.56. The van der Waals surface area contributed by atoms with Crippen LogP contribution in [0.5, 0.6) is 0 Å². The van der Waals surface area contributed by atoms with Crippen LogP contribution in [-0.2, 0) is 14.8 Å². The molecule has 5 nitrogen and oxygen atoms in total. The minimum absolute atomic E-state index is 0.000724. The van der Waals surface area contributed by atoms with Gasteiger partial charge in [-0.15, -0.1) is 0 Å². The maximum absolute atomic E-state index is 11.9. The number of hydrogen-bond acceptors (Lipinski definition) is 3. The molecule has 1 rings (SSSR count). The largest absolute Gasteiger partial charge is 0.326 e. The van der Waals surface area contributed by atoms with E-state index in [2.05, 4.69) is 5.32 Å². The van der Waals surface area contributed by atoms with Gasteiger partial charge in [0.15, 0.2) is 0 Å². The van der Waals surface area contributed by atoms with Crippen molar-refractivity contribution in [3.63, 3.8) is 0 Å². The van der Waals surface area contributed by atoms with Gasteiger partial charge in [0, 0.05) is 18.7 Å². The summed E-state index contributed by atoms with van der Waals surface area (Å²) in [5.41, 5.74) is 1.24. The number of hydrogen-bond donors (Lipinski definition) is 1. The predicted octanol–water partition coefficient (Wildman–Crippen LogP) is 2.46. The molecule has 0 spiro atoms. The number of carbonyl (C=O) groups is 1. The fraction of sp³-hybridized carbons (Fsp3) is 0.500. The summed E-state index contributed by atoms with van der Waals surface area (Å²) in [6, 6.07) is 6.75. The van der Waals surface area contributed by atoms with Crippen LogP contribution in [0.25, 0.3) is 0 Å². The Hall–Kier alpha value is -1.56. The van der Waals surface area contributed by atoms with Crippen molar-refractivity contribution in [2.45, 2.75) is 26.7 Å². The van der Waals surface area contributed by atoms with Crippen LogP contribution in [0.1, 0.15) is 26.7 Å². The lowest BCUT2D eigenvalue weighted by atomic mass is 10.0. The topological polar surface area (TPSA) is 66.5 Å². The van der Waals surface area contributed by atoms with Crippen LogP contribution < -0.4 is 9.62 Å². The van der Waals surface area contributed by atoms with Crippen molar-refractivity contribution in [1.29, 1.82) is 0 Å². The minimum Gasteiger partial charge on any atom is -0.326 e. The van der Waals surface area contributed by atoms with Crippen LogP contribution in [0.3, 0.4) is 0 Å². The summed E-state index contributed by atoms with van der Waals surface area (Å²) in [6.45, 7) is 3.97. The summed E-state index contributed by atoms with van der Waals surface area (Å²) in [5.74, 6) is 0.00703. The van der Waals surface area contributed by atoms with Crippen molar-refractivity contribution < 1.29 is 13.2 Å². The van der Waals surface area contributed by atoms with Crippen LogP contribution >= 0.6 is 0 Å². The number of amides is 1. The molecule has 0 radical (unpaired) electrons. The van der Waals surface area contributed by atoms with Gasteiger partial charge in [-0.3, -0.25) is 9.10 Å². The van der Waals surface area contributed by atoms with Gasteiger partial charge < -0.3 is 5.32 Å². The first-order valence-electron chi connectivity index (χ1n) is 6.64. The lowest BCUT2D eigenvalue weighted by Gasteiger charge is -2.17. The van der Waals surface area contributed by atoms with E-state index in [1.807, 2.05) is 13.8 Å². The molecule has 1 aromatic rings. The minimum atomic E-state index is -3.27. The van der Waals surface area contributed by atoms with Gasteiger partial charge in [-0.25, -0.2) is 8.42 Å². The summed E-state index contributed by atoms with van der Waals surface area (Å²) in [5, 5.41) is 2.84. The predicted molar refractivity (Wildman–Crippen MR) is 82.4 cm³/mol. The standard InChI is InChI=1S/C14H22N2O3S/c1-5-11(6-2)14(17)15-12-7-9-13(10-8-12)16(3)20(4,18)19/h7-11H,5-6H2,1-4H3,(H,15,17). The summed E-state index contributed by atoms with van der Waals surface area (Å²) in [7, 11) is -1.77. The van der Waals surface area contributed by atoms with Gasteiger partial charge in [0.2, 0.25) is 15.9 Å². The van der Waals surface area contributed by atoms with E-state index in [9.17, 15) is 13.2 Å². The molecule has 1 amide bonds. The quantitative estimate of drug-likeness (QED) is 0.877. The fourth-order valence-electron chi connectivity index (χ4n) is 1.85. The second-order valence-electron chi connectivity index (χ2n) is 4.78. The Morgan fingerprint density at radius 2 is 1.70 bits per heavy atom. The highest BCUT2D eigenvalue weighted by Crippen LogP contribution is 2.20. The number of benzene rings is 1. The third-order valence-electron chi connectivity index (χ3n) is 3.35. The normalized spacial score (nSPS) is 11.4. The molecule has 0 bridgehead atoms. The monoisotopic (exact) mass is 298 g/mol. The molecule has 0 aliphatic carbocycles. The first kappa shape index (κ1) is 16.5. The van der Waals surface area contributed by atoms with Crippen molar-refractivity contribution >= 4 is 27.3 Å².